The van der Waals surface area contributed by atoms with E-state index in [4.69, 9.17) is 0 Å². The largest absolute Gasteiger partial charge is 0.347 e. The molecule has 158 valence electrons. The number of nitrogens with zero attached hydrogens (tertiary/aromatic N) is 1. The van der Waals surface area contributed by atoms with Gasteiger partial charge in [-0.1, -0.05) is 25.5 Å². The summed E-state index contributed by atoms with van der Waals surface area (Å²) in [4.78, 5) is 17.6. The fraction of sp³-hybridized carbons (Fsp3) is 0.391. The predicted octanol–water partition coefficient (Wildman–Crippen LogP) is 4.97. The van der Waals surface area contributed by atoms with Crippen LogP contribution in [0.1, 0.15) is 54.3 Å². The van der Waals surface area contributed by atoms with Crippen molar-refractivity contribution < 1.29 is 13.2 Å². The number of sulfone groups is 1. The molecule has 1 aliphatic carbocycles. The molecule has 0 unspecified atom stereocenters. The minimum atomic E-state index is -3.29. The van der Waals surface area contributed by atoms with Gasteiger partial charge in [0.15, 0.2) is 9.84 Å². The average Bonchev–Trinajstić information content (AvgIpc) is 3.22. The van der Waals surface area contributed by atoms with Crippen LogP contribution in [0.5, 0.6) is 0 Å². The van der Waals surface area contributed by atoms with Crippen LogP contribution in [0.3, 0.4) is 0 Å². The molecule has 0 radical (unpaired) electrons. The molecule has 1 fully saturated rings. The fourth-order valence-corrected chi connectivity index (χ4v) is 6.84. The molecule has 2 heterocycles. The third-order valence-corrected chi connectivity index (χ3v) is 9.42. The summed E-state index contributed by atoms with van der Waals surface area (Å²) < 4.78 is 26.9. The Morgan fingerprint density at radius 3 is 2.53 bits per heavy atom. The second-order valence-electron chi connectivity index (χ2n) is 7.95. The molecule has 7 heteroatoms. The van der Waals surface area contributed by atoms with Crippen LogP contribution in [-0.4, -0.2) is 24.6 Å². The van der Waals surface area contributed by atoms with Gasteiger partial charge in [0.25, 0.3) is 5.91 Å². The van der Waals surface area contributed by atoms with Gasteiger partial charge in [-0.3, -0.25) is 9.78 Å². The van der Waals surface area contributed by atoms with E-state index >= 15 is 0 Å². The first-order chi connectivity index (χ1) is 14.5. The first kappa shape index (κ1) is 21.0. The van der Waals surface area contributed by atoms with Crippen molar-refractivity contribution in [3.63, 3.8) is 0 Å². The SMILES string of the molecule is CCC1CCC(S(=O)(=O)c2ccc(CNC(=O)c3cc4ccncc4s3)cc2)CC1. The van der Waals surface area contributed by atoms with Gasteiger partial charge in [-0.2, -0.15) is 0 Å². The van der Waals surface area contributed by atoms with E-state index in [0.717, 1.165) is 47.8 Å². The molecule has 0 aliphatic heterocycles. The summed E-state index contributed by atoms with van der Waals surface area (Å²) >= 11 is 1.41. The van der Waals surface area contributed by atoms with Crippen molar-refractivity contribution in [3.05, 3.63) is 59.2 Å². The highest BCUT2D eigenvalue weighted by Gasteiger charge is 2.31. The Morgan fingerprint density at radius 2 is 1.87 bits per heavy atom. The molecule has 1 aliphatic rings. The van der Waals surface area contributed by atoms with Gasteiger partial charge in [-0.05, 0) is 66.8 Å². The van der Waals surface area contributed by atoms with E-state index in [1.165, 1.54) is 11.3 Å². The lowest BCUT2D eigenvalue weighted by Gasteiger charge is -2.27. The topological polar surface area (TPSA) is 76.1 Å². The lowest BCUT2D eigenvalue weighted by molar-refractivity contribution is 0.0955. The van der Waals surface area contributed by atoms with Gasteiger partial charge in [0.05, 0.1) is 19.7 Å². The smallest absolute Gasteiger partial charge is 0.261 e. The summed E-state index contributed by atoms with van der Waals surface area (Å²) in [5, 5.41) is 3.64. The van der Waals surface area contributed by atoms with Crippen molar-refractivity contribution in [3.8, 4) is 0 Å². The second-order valence-corrected chi connectivity index (χ2v) is 11.3. The zero-order chi connectivity index (χ0) is 21.1. The maximum atomic E-state index is 13.0. The number of nitrogens with one attached hydrogen (secondary N) is 1. The van der Waals surface area contributed by atoms with E-state index in [2.05, 4.69) is 17.2 Å². The van der Waals surface area contributed by atoms with E-state index in [9.17, 15) is 13.2 Å². The number of amides is 1. The highest BCUT2D eigenvalue weighted by molar-refractivity contribution is 7.92. The summed E-state index contributed by atoms with van der Waals surface area (Å²) in [6.07, 6.45) is 8.10. The zero-order valence-electron chi connectivity index (χ0n) is 17.0. The molecular weight excluding hydrogens is 416 g/mol. The second kappa shape index (κ2) is 8.86. The minimum absolute atomic E-state index is 0.138. The van der Waals surface area contributed by atoms with Gasteiger partial charge < -0.3 is 5.32 Å². The molecule has 1 amide bonds. The fourth-order valence-electron chi connectivity index (χ4n) is 4.11. The van der Waals surface area contributed by atoms with E-state index in [1.807, 2.05) is 12.1 Å². The van der Waals surface area contributed by atoms with E-state index in [1.54, 1.807) is 36.7 Å². The summed E-state index contributed by atoms with van der Waals surface area (Å²) in [7, 11) is -3.29. The first-order valence-electron chi connectivity index (χ1n) is 10.4. The predicted molar refractivity (Wildman–Crippen MR) is 120 cm³/mol. The van der Waals surface area contributed by atoms with Gasteiger partial charge in [-0.15, -0.1) is 11.3 Å². The number of benzene rings is 1. The van der Waals surface area contributed by atoms with Crippen molar-refractivity contribution in [1.82, 2.24) is 10.3 Å². The van der Waals surface area contributed by atoms with Crippen molar-refractivity contribution in [2.24, 2.45) is 5.92 Å². The summed E-state index contributed by atoms with van der Waals surface area (Å²) in [5.41, 5.74) is 0.875. The van der Waals surface area contributed by atoms with Crippen LogP contribution >= 0.6 is 11.3 Å². The zero-order valence-corrected chi connectivity index (χ0v) is 18.6. The average molecular weight is 443 g/mol. The van der Waals surface area contributed by atoms with E-state index in [-0.39, 0.29) is 11.2 Å². The third kappa shape index (κ3) is 4.42. The van der Waals surface area contributed by atoms with Crippen LogP contribution in [0.25, 0.3) is 10.1 Å². The minimum Gasteiger partial charge on any atom is -0.347 e. The monoisotopic (exact) mass is 442 g/mol. The molecule has 5 nitrogen and oxygen atoms in total. The molecule has 0 saturated heterocycles. The maximum Gasteiger partial charge on any atom is 0.261 e. The Kier molecular flexibility index (Phi) is 6.20. The van der Waals surface area contributed by atoms with Crippen LogP contribution in [0, 0.1) is 5.92 Å². The van der Waals surface area contributed by atoms with Crippen LogP contribution in [0.4, 0.5) is 0 Å². The summed E-state index contributed by atoms with van der Waals surface area (Å²) in [6, 6.07) is 10.7. The van der Waals surface area contributed by atoms with Crippen molar-refractivity contribution in [2.45, 2.75) is 55.7 Å². The van der Waals surface area contributed by atoms with Crippen LogP contribution in [0.2, 0.25) is 0 Å². The molecule has 30 heavy (non-hydrogen) atoms. The summed E-state index contributed by atoms with van der Waals surface area (Å²) in [6.45, 7) is 2.53. The molecule has 1 N–H and O–H groups in total. The number of rotatable bonds is 6. The number of aromatic nitrogens is 1. The Hall–Kier alpha value is -2.25. The third-order valence-electron chi connectivity index (χ3n) is 6.06. The van der Waals surface area contributed by atoms with Gasteiger partial charge in [-0.25, -0.2) is 8.42 Å². The van der Waals surface area contributed by atoms with E-state index in [0.29, 0.717) is 22.2 Å². The molecule has 4 rings (SSSR count). The number of hydrogen-bond acceptors (Lipinski definition) is 5. The van der Waals surface area contributed by atoms with Crippen molar-refractivity contribution >= 4 is 37.2 Å². The van der Waals surface area contributed by atoms with E-state index < -0.39 is 9.84 Å². The van der Waals surface area contributed by atoms with Crippen molar-refractivity contribution in [1.29, 1.82) is 0 Å². The number of hydrogen-bond donors (Lipinski definition) is 1. The number of fused-ring (bicyclic) bond motifs is 1. The Balaban J connectivity index is 1.38. The number of thiophene rings is 1. The van der Waals surface area contributed by atoms with Gasteiger partial charge in [0.2, 0.25) is 0 Å². The Labute approximate surface area is 181 Å². The number of carbonyl (C=O) groups excluding carboxylic acids is 1. The number of pyridine rings is 1. The highest BCUT2D eigenvalue weighted by atomic mass is 32.2. The maximum absolute atomic E-state index is 13.0. The number of carbonyl (C=O) groups is 1. The molecular formula is C23H26N2O3S2. The summed E-state index contributed by atoms with van der Waals surface area (Å²) in [5.74, 6) is 0.528. The highest BCUT2D eigenvalue weighted by Crippen LogP contribution is 2.33. The molecule has 0 spiro atoms. The quantitative estimate of drug-likeness (QED) is 0.585. The van der Waals surface area contributed by atoms with Crippen molar-refractivity contribution in [2.75, 3.05) is 0 Å². The van der Waals surface area contributed by atoms with Crippen LogP contribution in [0.15, 0.2) is 53.7 Å². The molecule has 0 atom stereocenters. The Morgan fingerprint density at radius 1 is 1.13 bits per heavy atom. The normalized spacial score (nSPS) is 19.6. The van der Waals surface area contributed by atoms with Crippen LogP contribution < -0.4 is 5.32 Å². The standard InChI is InChI=1S/C23H26N2O3S2/c1-2-16-3-7-19(8-4-16)30(27,28)20-9-5-17(6-10-20)14-25-23(26)21-13-18-11-12-24-15-22(18)29-21/h5-6,9-13,15-16,19H,2-4,7-8,14H2,1H3,(H,25,26). The molecule has 2 aromatic heterocycles. The molecule has 1 saturated carbocycles. The lowest BCUT2D eigenvalue weighted by Crippen LogP contribution is -2.27. The van der Waals surface area contributed by atoms with Gasteiger partial charge in [0, 0.05) is 18.9 Å². The molecule has 0 bridgehead atoms. The molecule has 1 aromatic carbocycles. The van der Waals surface area contributed by atoms with Crippen LogP contribution in [-0.2, 0) is 16.4 Å². The first-order valence-corrected chi connectivity index (χ1v) is 12.8. The van der Waals surface area contributed by atoms with Gasteiger partial charge in [0.1, 0.15) is 0 Å². The lowest BCUT2D eigenvalue weighted by atomic mass is 9.87. The Bertz CT molecular complexity index is 1100. The van der Waals surface area contributed by atoms with Gasteiger partial charge >= 0.3 is 0 Å². The molecule has 3 aromatic rings.